The molecule has 40 heavy (non-hydrogen) atoms. The zero-order valence-corrected chi connectivity index (χ0v) is 25.7. The van der Waals surface area contributed by atoms with E-state index in [9.17, 15) is 14.4 Å². The molecule has 0 aromatic heterocycles. The first-order valence-electron chi connectivity index (χ1n) is 15.1. The van der Waals surface area contributed by atoms with Crippen molar-refractivity contribution >= 4 is 25.0 Å². The number of ether oxygens (including phenoxy) is 2. The molecule has 11 heteroatoms. The van der Waals surface area contributed by atoms with Crippen molar-refractivity contribution in [3.05, 3.63) is 0 Å². The van der Waals surface area contributed by atoms with Crippen LogP contribution in [0.4, 0.5) is 4.79 Å². The van der Waals surface area contributed by atoms with Gasteiger partial charge in [-0.15, -0.1) is 0 Å². The lowest BCUT2D eigenvalue weighted by molar-refractivity contribution is -0.157. The summed E-state index contributed by atoms with van der Waals surface area (Å²) in [7, 11) is -0.601. The van der Waals surface area contributed by atoms with Gasteiger partial charge in [-0.3, -0.25) is 9.59 Å². The molecule has 2 unspecified atom stereocenters. The van der Waals surface area contributed by atoms with Gasteiger partial charge < -0.3 is 34.3 Å². The Labute approximate surface area is 240 Å². The maximum atomic E-state index is 13.8. The second kappa shape index (κ2) is 11.8. The summed E-state index contributed by atoms with van der Waals surface area (Å²) in [6, 6.07) is -1.10. The summed E-state index contributed by atoms with van der Waals surface area (Å²) in [5, 5.41) is 5.76. The molecule has 5 rings (SSSR count). The lowest BCUT2D eigenvalue weighted by Crippen LogP contribution is -2.61. The molecule has 0 spiro atoms. The molecule has 3 aliphatic carbocycles. The van der Waals surface area contributed by atoms with Gasteiger partial charge >= 0.3 is 13.2 Å². The molecule has 0 aromatic rings. The lowest BCUT2D eigenvalue weighted by atomic mass is 9.51. The summed E-state index contributed by atoms with van der Waals surface area (Å²) in [6.45, 7) is 18.1. The van der Waals surface area contributed by atoms with Crippen LogP contribution in [0.3, 0.4) is 0 Å². The van der Waals surface area contributed by atoms with E-state index < -0.39 is 42.3 Å². The third-order valence-corrected chi connectivity index (χ3v) is 9.03. The summed E-state index contributed by atoms with van der Waals surface area (Å²) in [5.41, 5.74) is -0.981. The first kappa shape index (κ1) is 31.1. The zero-order valence-electron chi connectivity index (χ0n) is 25.7. The molecule has 226 valence electrons. The molecule has 2 bridgehead atoms. The van der Waals surface area contributed by atoms with Crippen LogP contribution in [0, 0.1) is 23.2 Å². The standard InChI is InChI=1S/C29H50BN3O7/c1-18(2)15-22(30-39-24-19-9-10-21(28(6,7)17-19)29(24,8)40-30)32-25(35)20(31-26(36)38-27(3,4)5)16-23(34)33-11-13-37-14-12-33/h18-22,24H,9-17H2,1-8H3,(H,31,36)(H,32,35)/t19?,20-,21+,22+,24?,29+/m1/s1. The van der Waals surface area contributed by atoms with Crippen LogP contribution in [0.1, 0.15) is 87.5 Å². The molecule has 2 N–H and O–H groups in total. The number of fused-ring (bicyclic) bond motifs is 2. The summed E-state index contributed by atoms with van der Waals surface area (Å²) < 4.78 is 24.2. The summed E-state index contributed by atoms with van der Waals surface area (Å²) in [4.78, 5) is 41.2. The molecule has 5 fully saturated rings. The fourth-order valence-electron chi connectivity index (χ4n) is 7.48. The van der Waals surface area contributed by atoms with Gasteiger partial charge in [0.25, 0.3) is 0 Å². The van der Waals surface area contributed by atoms with Crippen LogP contribution in [-0.4, -0.2) is 85.5 Å². The predicted octanol–water partition coefficient (Wildman–Crippen LogP) is 3.32. The van der Waals surface area contributed by atoms with Gasteiger partial charge in [0, 0.05) is 13.1 Å². The van der Waals surface area contributed by atoms with E-state index in [1.165, 1.54) is 0 Å². The summed E-state index contributed by atoms with van der Waals surface area (Å²) in [5.74, 6) is -0.0345. The number of carbonyl (C=O) groups is 3. The monoisotopic (exact) mass is 563 g/mol. The van der Waals surface area contributed by atoms with Crippen molar-refractivity contribution in [2.75, 3.05) is 26.3 Å². The first-order valence-corrected chi connectivity index (χ1v) is 15.1. The average molecular weight is 564 g/mol. The topological polar surface area (TPSA) is 115 Å². The van der Waals surface area contributed by atoms with Gasteiger partial charge in [0.15, 0.2) is 0 Å². The number of nitrogens with one attached hydrogen (secondary N) is 2. The van der Waals surface area contributed by atoms with Crippen LogP contribution in [0.2, 0.25) is 0 Å². The highest BCUT2D eigenvalue weighted by Gasteiger charge is 2.65. The quantitative estimate of drug-likeness (QED) is 0.436. The van der Waals surface area contributed by atoms with Crippen LogP contribution < -0.4 is 10.6 Å². The molecular weight excluding hydrogens is 513 g/mol. The number of rotatable bonds is 8. The minimum Gasteiger partial charge on any atom is -0.444 e. The van der Waals surface area contributed by atoms with Crippen molar-refractivity contribution in [2.45, 2.75) is 117 Å². The SMILES string of the molecule is CC(C)C[C@H](NC(=O)[C@@H](CC(=O)N1CCOCC1)NC(=O)OC(C)(C)C)B1OC2C3CC[C@@H](C(C)(C)C3)[C@]2(C)O1. The van der Waals surface area contributed by atoms with E-state index in [2.05, 4.69) is 45.3 Å². The fraction of sp³-hybridized carbons (Fsp3) is 0.897. The first-order chi connectivity index (χ1) is 18.6. The van der Waals surface area contributed by atoms with Gasteiger partial charge in [-0.1, -0.05) is 27.7 Å². The zero-order chi connectivity index (χ0) is 29.5. The Hall–Kier alpha value is -1.85. The van der Waals surface area contributed by atoms with E-state index in [-0.39, 0.29) is 29.8 Å². The number of morpholine rings is 1. The number of carbonyl (C=O) groups excluding carboxylic acids is 3. The van der Waals surface area contributed by atoms with Crippen LogP contribution in [0.25, 0.3) is 0 Å². The Kier molecular flexibility index (Phi) is 9.17. The van der Waals surface area contributed by atoms with Gasteiger partial charge in [0.1, 0.15) is 11.6 Å². The Morgan fingerprint density at radius 3 is 2.35 bits per heavy atom. The molecule has 3 saturated carbocycles. The van der Waals surface area contributed by atoms with Crippen molar-refractivity contribution < 1.29 is 33.2 Å². The molecule has 10 nitrogen and oxygen atoms in total. The average Bonchev–Trinajstić information content (AvgIpc) is 3.21. The van der Waals surface area contributed by atoms with Gasteiger partial charge in [-0.2, -0.15) is 0 Å². The number of nitrogens with zero attached hydrogens (tertiary/aromatic N) is 1. The molecular formula is C29H50BN3O7. The fourth-order valence-corrected chi connectivity index (χ4v) is 7.48. The maximum Gasteiger partial charge on any atom is 0.481 e. The molecule has 2 saturated heterocycles. The summed E-state index contributed by atoms with van der Waals surface area (Å²) in [6.07, 6.45) is 3.08. The number of hydrogen-bond acceptors (Lipinski definition) is 7. The van der Waals surface area contributed by atoms with E-state index in [0.29, 0.717) is 44.6 Å². The second-order valence-electron chi connectivity index (χ2n) is 14.5. The highest BCUT2D eigenvalue weighted by atomic mass is 16.7. The van der Waals surface area contributed by atoms with Crippen LogP contribution >= 0.6 is 0 Å². The van der Waals surface area contributed by atoms with Gasteiger partial charge in [0.2, 0.25) is 11.8 Å². The van der Waals surface area contributed by atoms with E-state index in [0.717, 1.165) is 19.3 Å². The Morgan fingerprint density at radius 2 is 1.75 bits per heavy atom. The molecule has 5 aliphatic rings. The molecule has 0 aromatic carbocycles. The highest BCUT2D eigenvalue weighted by Crippen LogP contribution is 2.61. The third kappa shape index (κ3) is 6.95. The van der Waals surface area contributed by atoms with Crippen molar-refractivity contribution in [1.82, 2.24) is 15.5 Å². The minimum atomic E-state index is -1.10. The Bertz CT molecular complexity index is 948. The van der Waals surface area contributed by atoms with Gasteiger partial charge in [-0.25, -0.2) is 4.79 Å². The largest absolute Gasteiger partial charge is 0.481 e. The molecule has 2 heterocycles. The van der Waals surface area contributed by atoms with Crippen molar-refractivity contribution in [3.63, 3.8) is 0 Å². The molecule has 6 atom stereocenters. The van der Waals surface area contributed by atoms with Crippen LogP contribution in [-0.2, 0) is 28.4 Å². The van der Waals surface area contributed by atoms with E-state index >= 15 is 0 Å². The number of amides is 3. The number of alkyl carbamates (subject to hydrolysis) is 1. The van der Waals surface area contributed by atoms with Crippen LogP contribution in [0.15, 0.2) is 0 Å². The van der Waals surface area contributed by atoms with Crippen molar-refractivity contribution in [3.8, 4) is 0 Å². The van der Waals surface area contributed by atoms with E-state index in [1.54, 1.807) is 25.7 Å². The van der Waals surface area contributed by atoms with E-state index in [4.69, 9.17) is 18.8 Å². The van der Waals surface area contributed by atoms with Crippen LogP contribution in [0.5, 0.6) is 0 Å². The van der Waals surface area contributed by atoms with E-state index in [1.807, 2.05) is 0 Å². The third-order valence-electron chi connectivity index (χ3n) is 9.03. The lowest BCUT2D eigenvalue weighted by Gasteiger charge is -2.59. The predicted molar refractivity (Wildman–Crippen MR) is 151 cm³/mol. The van der Waals surface area contributed by atoms with Crippen molar-refractivity contribution in [2.24, 2.45) is 23.2 Å². The highest BCUT2D eigenvalue weighted by molar-refractivity contribution is 6.48. The molecule has 0 radical (unpaired) electrons. The normalized spacial score (nSPS) is 31.0. The Morgan fingerprint density at radius 1 is 1.07 bits per heavy atom. The van der Waals surface area contributed by atoms with Gasteiger partial charge in [0.05, 0.1) is 37.3 Å². The minimum absolute atomic E-state index is 0.00516. The second-order valence-corrected chi connectivity index (χ2v) is 14.5. The Balaban J connectivity index is 1.50. The van der Waals surface area contributed by atoms with Crippen molar-refractivity contribution in [1.29, 1.82) is 0 Å². The number of hydrogen-bond donors (Lipinski definition) is 2. The maximum absolute atomic E-state index is 13.8. The molecule has 2 aliphatic heterocycles. The molecule has 3 amide bonds. The van der Waals surface area contributed by atoms with Gasteiger partial charge in [-0.05, 0) is 76.5 Å². The smallest absolute Gasteiger partial charge is 0.444 e. The summed E-state index contributed by atoms with van der Waals surface area (Å²) >= 11 is 0.